The van der Waals surface area contributed by atoms with E-state index in [0.29, 0.717) is 28.9 Å². The van der Waals surface area contributed by atoms with Gasteiger partial charge in [0.25, 0.3) is 5.91 Å². The molecule has 21 heavy (non-hydrogen) atoms. The van der Waals surface area contributed by atoms with Crippen molar-refractivity contribution in [1.29, 1.82) is 0 Å². The van der Waals surface area contributed by atoms with Crippen LogP contribution in [0.25, 0.3) is 0 Å². The average Bonchev–Trinajstić information content (AvgIpc) is 2.54. The molecule has 1 aliphatic heterocycles. The minimum absolute atomic E-state index is 0.102. The maximum atomic E-state index is 12.6. The first-order valence-corrected chi connectivity index (χ1v) is 7.56. The number of carbonyl (C=O) groups is 2. The highest BCUT2D eigenvalue weighted by Gasteiger charge is 2.30. The molecule has 114 valence electrons. The fourth-order valence-electron chi connectivity index (χ4n) is 2.49. The van der Waals surface area contributed by atoms with Gasteiger partial charge in [-0.25, -0.2) is 0 Å². The summed E-state index contributed by atoms with van der Waals surface area (Å²) in [7, 11) is 2.94. The number of rotatable bonds is 3. The molecule has 1 fully saturated rings. The molecule has 0 bridgehead atoms. The number of piperidine rings is 1. The molecule has 1 atom stereocenters. The smallest absolute Gasteiger partial charge is 0.310 e. The zero-order valence-corrected chi connectivity index (χ0v) is 13.7. The minimum atomic E-state index is -0.253. The summed E-state index contributed by atoms with van der Waals surface area (Å²) in [5.74, 6) is 0.0340. The number of carbonyl (C=O) groups excluding carboxylic acids is 2. The van der Waals surface area contributed by atoms with E-state index < -0.39 is 0 Å². The van der Waals surface area contributed by atoms with Crippen molar-refractivity contribution in [1.82, 2.24) is 4.90 Å². The predicted octanol–water partition coefficient (Wildman–Crippen LogP) is 2.48. The lowest BCUT2D eigenvalue weighted by Gasteiger charge is -2.31. The van der Waals surface area contributed by atoms with Crippen molar-refractivity contribution in [3.05, 3.63) is 28.2 Å². The first-order valence-electron chi connectivity index (χ1n) is 6.77. The number of benzene rings is 1. The molecule has 1 amide bonds. The maximum absolute atomic E-state index is 12.6. The number of hydrogen-bond donors (Lipinski definition) is 0. The average molecular weight is 356 g/mol. The molecule has 0 spiro atoms. The summed E-state index contributed by atoms with van der Waals surface area (Å²) in [4.78, 5) is 26.0. The van der Waals surface area contributed by atoms with Crippen LogP contribution in [0.15, 0.2) is 22.7 Å². The number of ether oxygens (including phenoxy) is 2. The molecule has 0 N–H and O–H groups in total. The Morgan fingerprint density at radius 2 is 2.10 bits per heavy atom. The SMILES string of the molecule is COC(=O)C1CCCN(C(=O)c2cc(OC)ccc2Br)C1. The second-order valence-corrected chi connectivity index (χ2v) is 5.81. The van der Waals surface area contributed by atoms with Crippen LogP contribution in [0, 0.1) is 5.92 Å². The summed E-state index contributed by atoms with van der Waals surface area (Å²) >= 11 is 3.39. The Balaban J connectivity index is 2.17. The first-order chi connectivity index (χ1) is 10.1. The summed E-state index contributed by atoms with van der Waals surface area (Å²) in [5, 5.41) is 0. The number of nitrogens with zero attached hydrogens (tertiary/aromatic N) is 1. The van der Waals surface area contributed by atoms with E-state index in [1.54, 1.807) is 30.2 Å². The molecule has 0 radical (unpaired) electrons. The van der Waals surface area contributed by atoms with Gasteiger partial charge in [0.05, 0.1) is 25.7 Å². The molecule has 2 rings (SSSR count). The zero-order valence-electron chi connectivity index (χ0n) is 12.1. The van der Waals surface area contributed by atoms with Crippen LogP contribution < -0.4 is 4.74 Å². The monoisotopic (exact) mass is 355 g/mol. The molecule has 1 aliphatic rings. The molecule has 0 aliphatic carbocycles. The Morgan fingerprint density at radius 1 is 1.33 bits per heavy atom. The van der Waals surface area contributed by atoms with Crippen LogP contribution >= 0.6 is 15.9 Å². The zero-order chi connectivity index (χ0) is 15.4. The quantitative estimate of drug-likeness (QED) is 0.781. The Morgan fingerprint density at radius 3 is 2.76 bits per heavy atom. The Kier molecular flexibility index (Phi) is 5.22. The largest absolute Gasteiger partial charge is 0.497 e. The van der Waals surface area contributed by atoms with Crippen molar-refractivity contribution in [3.63, 3.8) is 0 Å². The molecule has 1 saturated heterocycles. The van der Waals surface area contributed by atoms with Gasteiger partial charge in [0, 0.05) is 17.6 Å². The number of hydrogen-bond acceptors (Lipinski definition) is 4. The predicted molar refractivity (Wildman–Crippen MR) is 81.3 cm³/mol. The van der Waals surface area contributed by atoms with E-state index in [-0.39, 0.29) is 17.8 Å². The van der Waals surface area contributed by atoms with Crippen molar-refractivity contribution in [2.75, 3.05) is 27.3 Å². The van der Waals surface area contributed by atoms with Gasteiger partial charge in [0.1, 0.15) is 5.75 Å². The lowest BCUT2D eigenvalue weighted by molar-refractivity contribution is -0.146. The van der Waals surface area contributed by atoms with Crippen molar-refractivity contribution in [2.45, 2.75) is 12.8 Å². The highest BCUT2D eigenvalue weighted by Crippen LogP contribution is 2.26. The number of halogens is 1. The Bertz CT molecular complexity index is 546. The van der Waals surface area contributed by atoms with Crippen LogP contribution in [0.2, 0.25) is 0 Å². The summed E-state index contributed by atoms with van der Waals surface area (Å²) in [6, 6.07) is 5.27. The third kappa shape index (κ3) is 3.56. The topological polar surface area (TPSA) is 55.8 Å². The van der Waals surface area contributed by atoms with Crippen molar-refractivity contribution in [2.24, 2.45) is 5.92 Å². The first kappa shape index (κ1) is 15.8. The van der Waals surface area contributed by atoms with Crippen LogP contribution in [0.5, 0.6) is 5.75 Å². The van der Waals surface area contributed by atoms with Gasteiger partial charge >= 0.3 is 5.97 Å². The fraction of sp³-hybridized carbons (Fsp3) is 0.467. The van der Waals surface area contributed by atoms with E-state index in [0.717, 1.165) is 12.8 Å². The standard InChI is InChI=1S/C15H18BrNO4/c1-20-11-5-6-13(16)12(8-11)14(18)17-7-3-4-10(9-17)15(19)21-2/h5-6,8,10H,3-4,7,9H2,1-2H3. The van der Waals surface area contributed by atoms with Crippen LogP contribution in [-0.2, 0) is 9.53 Å². The third-order valence-electron chi connectivity index (χ3n) is 3.65. The summed E-state index contributed by atoms with van der Waals surface area (Å²) in [5.41, 5.74) is 0.542. The fourth-order valence-corrected chi connectivity index (χ4v) is 2.90. The van der Waals surface area contributed by atoms with Crippen molar-refractivity contribution in [3.8, 4) is 5.75 Å². The Labute approximate surface area is 132 Å². The summed E-state index contributed by atoms with van der Waals surface area (Å²) in [6.07, 6.45) is 1.56. The lowest BCUT2D eigenvalue weighted by Crippen LogP contribution is -2.42. The second kappa shape index (κ2) is 6.93. The van der Waals surface area contributed by atoms with E-state index in [1.165, 1.54) is 7.11 Å². The molecule has 5 nitrogen and oxygen atoms in total. The normalized spacial score (nSPS) is 18.2. The maximum Gasteiger partial charge on any atom is 0.310 e. The van der Waals surface area contributed by atoms with Gasteiger partial charge in [-0.15, -0.1) is 0 Å². The van der Waals surface area contributed by atoms with E-state index in [9.17, 15) is 9.59 Å². The number of esters is 1. The van der Waals surface area contributed by atoms with Crippen LogP contribution in [0.3, 0.4) is 0 Å². The van der Waals surface area contributed by atoms with E-state index in [1.807, 2.05) is 0 Å². The van der Waals surface area contributed by atoms with Crippen molar-refractivity contribution >= 4 is 27.8 Å². The molecule has 1 aromatic rings. The van der Waals surface area contributed by atoms with Gasteiger partial charge in [0.2, 0.25) is 0 Å². The Hall–Kier alpha value is -1.56. The highest BCUT2D eigenvalue weighted by molar-refractivity contribution is 9.10. The molecule has 1 unspecified atom stereocenters. The van der Waals surface area contributed by atoms with Crippen LogP contribution in [0.1, 0.15) is 23.2 Å². The molecule has 6 heteroatoms. The summed E-state index contributed by atoms with van der Waals surface area (Å²) < 4.78 is 10.7. The number of likely N-dealkylation sites (tertiary alicyclic amines) is 1. The molecular weight excluding hydrogens is 338 g/mol. The van der Waals surface area contributed by atoms with E-state index in [2.05, 4.69) is 15.9 Å². The minimum Gasteiger partial charge on any atom is -0.497 e. The molecule has 0 aromatic heterocycles. The number of methoxy groups -OCH3 is 2. The molecular formula is C15H18BrNO4. The molecule has 1 heterocycles. The van der Waals surface area contributed by atoms with Gasteiger partial charge < -0.3 is 14.4 Å². The molecule has 1 aromatic carbocycles. The second-order valence-electron chi connectivity index (χ2n) is 4.96. The van der Waals surface area contributed by atoms with Gasteiger partial charge in [0.15, 0.2) is 0 Å². The number of amides is 1. The van der Waals surface area contributed by atoms with E-state index >= 15 is 0 Å². The third-order valence-corrected chi connectivity index (χ3v) is 4.34. The van der Waals surface area contributed by atoms with Gasteiger partial charge in [-0.1, -0.05) is 0 Å². The van der Waals surface area contributed by atoms with Gasteiger partial charge in [-0.05, 0) is 47.0 Å². The van der Waals surface area contributed by atoms with Crippen LogP contribution in [0.4, 0.5) is 0 Å². The van der Waals surface area contributed by atoms with Gasteiger partial charge in [-0.3, -0.25) is 9.59 Å². The molecule has 0 saturated carbocycles. The summed E-state index contributed by atoms with van der Waals surface area (Å²) in [6.45, 7) is 1.05. The highest BCUT2D eigenvalue weighted by atomic mass is 79.9. The van der Waals surface area contributed by atoms with Crippen LogP contribution in [-0.4, -0.2) is 44.1 Å². The lowest BCUT2D eigenvalue weighted by atomic mass is 9.97. The van der Waals surface area contributed by atoms with Crippen molar-refractivity contribution < 1.29 is 19.1 Å². The van der Waals surface area contributed by atoms with E-state index in [4.69, 9.17) is 9.47 Å². The van der Waals surface area contributed by atoms with Gasteiger partial charge in [-0.2, -0.15) is 0 Å².